The van der Waals surface area contributed by atoms with Gasteiger partial charge in [0.05, 0.1) is 24.9 Å². The molecule has 3 aromatic rings. The van der Waals surface area contributed by atoms with Crippen molar-refractivity contribution in [2.75, 3.05) is 46.4 Å². The molecule has 1 unspecified atom stereocenters. The first kappa shape index (κ1) is 22.0. The molecule has 32 heavy (non-hydrogen) atoms. The summed E-state index contributed by atoms with van der Waals surface area (Å²) in [4.78, 5) is 25.3. The summed E-state index contributed by atoms with van der Waals surface area (Å²) in [5, 5.41) is 1.51. The van der Waals surface area contributed by atoms with Crippen LogP contribution in [0.3, 0.4) is 0 Å². The minimum Gasteiger partial charge on any atom is -0.383 e. The van der Waals surface area contributed by atoms with Crippen molar-refractivity contribution in [2.24, 2.45) is 0 Å². The maximum atomic E-state index is 13.3. The number of halogens is 1. The molecule has 1 saturated heterocycles. The lowest BCUT2D eigenvalue weighted by Gasteiger charge is -2.40. The Kier molecular flexibility index (Phi) is 6.62. The van der Waals surface area contributed by atoms with Crippen LogP contribution in [-0.2, 0) is 24.1 Å². The highest BCUT2D eigenvalue weighted by molar-refractivity contribution is 7.18. The van der Waals surface area contributed by atoms with Gasteiger partial charge < -0.3 is 4.74 Å². The lowest BCUT2D eigenvalue weighted by molar-refractivity contribution is 0.0707. The molecule has 8 heteroatoms. The highest BCUT2D eigenvalue weighted by Crippen LogP contribution is 2.35. The van der Waals surface area contributed by atoms with E-state index in [-0.39, 0.29) is 5.56 Å². The zero-order chi connectivity index (χ0) is 22.1. The number of piperazine rings is 1. The van der Waals surface area contributed by atoms with Gasteiger partial charge in [0.1, 0.15) is 4.83 Å². The number of hydrogen-bond donors (Lipinski definition) is 0. The van der Waals surface area contributed by atoms with Crippen LogP contribution >= 0.6 is 22.9 Å². The van der Waals surface area contributed by atoms with Crippen LogP contribution < -0.4 is 5.56 Å². The van der Waals surface area contributed by atoms with Gasteiger partial charge in [0, 0.05) is 55.8 Å². The third-order valence-corrected chi connectivity index (χ3v) is 8.18. The number of rotatable bonds is 6. The Bertz CT molecular complexity index is 1150. The standard InChI is InChI=1S/C24H29ClN4O2S/c1-31-12-11-27-7-9-28(10-8-27)19-5-6-20-21(14-19)32-23-22(20)24(30)29(16-26-23)15-17-3-2-4-18(25)13-17/h2-4,13,16,19H,5-12,14-15H2,1H3. The van der Waals surface area contributed by atoms with E-state index in [4.69, 9.17) is 16.3 Å². The van der Waals surface area contributed by atoms with Crippen molar-refractivity contribution in [1.29, 1.82) is 0 Å². The van der Waals surface area contributed by atoms with Crippen LogP contribution in [0.1, 0.15) is 22.4 Å². The van der Waals surface area contributed by atoms with E-state index in [9.17, 15) is 4.79 Å². The fraction of sp³-hybridized carbons (Fsp3) is 0.500. The predicted octanol–water partition coefficient (Wildman–Crippen LogP) is 3.28. The summed E-state index contributed by atoms with van der Waals surface area (Å²) in [5.41, 5.74) is 2.31. The largest absolute Gasteiger partial charge is 0.383 e. The number of thiophene rings is 1. The molecule has 170 valence electrons. The summed E-state index contributed by atoms with van der Waals surface area (Å²) in [6.07, 6.45) is 4.79. The predicted molar refractivity (Wildman–Crippen MR) is 130 cm³/mol. The topological polar surface area (TPSA) is 50.6 Å². The molecule has 1 aliphatic heterocycles. The number of ether oxygens (including phenoxy) is 1. The molecule has 0 spiro atoms. The van der Waals surface area contributed by atoms with Crippen molar-refractivity contribution in [2.45, 2.75) is 31.8 Å². The van der Waals surface area contributed by atoms with Crippen LogP contribution in [0.2, 0.25) is 5.02 Å². The smallest absolute Gasteiger partial charge is 0.262 e. The molecule has 5 rings (SSSR count). The monoisotopic (exact) mass is 472 g/mol. The van der Waals surface area contributed by atoms with E-state index < -0.39 is 0 Å². The number of hydrogen-bond acceptors (Lipinski definition) is 6. The summed E-state index contributed by atoms with van der Waals surface area (Å²) in [5.74, 6) is 0. The third kappa shape index (κ3) is 4.50. The van der Waals surface area contributed by atoms with Crippen molar-refractivity contribution in [3.8, 4) is 0 Å². The van der Waals surface area contributed by atoms with Crippen molar-refractivity contribution < 1.29 is 4.74 Å². The van der Waals surface area contributed by atoms with Crippen molar-refractivity contribution in [3.63, 3.8) is 0 Å². The van der Waals surface area contributed by atoms with Gasteiger partial charge in [0.15, 0.2) is 0 Å². The van der Waals surface area contributed by atoms with E-state index >= 15 is 0 Å². The molecule has 1 aromatic carbocycles. The summed E-state index contributed by atoms with van der Waals surface area (Å²) < 4.78 is 6.93. The molecular weight excluding hydrogens is 444 g/mol. The molecule has 6 nitrogen and oxygen atoms in total. The summed E-state index contributed by atoms with van der Waals surface area (Å²) in [7, 11) is 1.77. The highest BCUT2D eigenvalue weighted by Gasteiger charge is 2.30. The van der Waals surface area contributed by atoms with Crippen LogP contribution in [-0.4, -0.2) is 71.8 Å². The minimum atomic E-state index is 0.0673. The van der Waals surface area contributed by atoms with E-state index in [2.05, 4.69) is 14.8 Å². The molecule has 1 atom stereocenters. The van der Waals surface area contributed by atoms with E-state index in [1.54, 1.807) is 29.3 Å². The minimum absolute atomic E-state index is 0.0673. The number of aromatic nitrogens is 2. The molecule has 2 aliphatic rings. The second kappa shape index (κ2) is 9.61. The lowest BCUT2D eigenvalue weighted by atomic mass is 9.91. The molecule has 1 aliphatic carbocycles. The van der Waals surface area contributed by atoms with Crippen LogP contribution in [0.25, 0.3) is 10.2 Å². The highest BCUT2D eigenvalue weighted by atomic mass is 35.5. The van der Waals surface area contributed by atoms with Crippen LogP contribution in [0.4, 0.5) is 0 Å². The fourth-order valence-corrected chi connectivity index (χ4v) is 6.47. The Morgan fingerprint density at radius 1 is 1.25 bits per heavy atom. The number of methoxy groups -OCH3 is 1. The van der Waals surface area contributed by atoms with E-state index in [1.165, 1.54) is 10.4 Å². The SMILES string of the molecule is COCCN1CCN(C2CCc3c(sc4ncn(Cc5cccc(Cl)c5)c(=O)c34)C2)CC1. The number of fused-ring (bicyclic) bond motifs is 3. The van der Waals surface area contributed by atoms with Gasteiger partial charge in [-0.05, 0) is 42.5 Å². The second-order valence-corrected chi connectivity index (χ2v) is 10.3. The Hall–Kier alpha value is -1.77. The first-order valence-corrected chi connectivity index (χ1v) is 12.5. The molecule has 3 heterocycles. The van der Waals surface area contributed by atoms with E-state index in [1.807, 2.05) is 24.3 Å². The van der Waals surface area contributed by atoms with Gasteiger partial charge in [-0.3, -0.25) is 19.2 Å². The van der Waals surface area contributed by atoms with Gasteiger partial charge in [0.25, 0.3) is 5.56 Å². The first-order chi connectivity index (χ1) is 15.6. The average Bonchev–Trinajstić information content (AvgIpc) is 3.18. The van der Waals surface area contributed by atoms with Gasteiger partial charge in [-0.15, -0.1) is 11.3 Å². The molecule has 1 fully saturated rings. The molecule has 0 amide bonds. The number of nitrogens with zero attached hydrogens (tertiary/aromatic N) is 4. The van der Waals surface area contributed by atoms with Crippen molar-refractivity contribution in [3.05, 3.63) is 62.0 Å². The van der Waals surface area contributed by atoms with Gasteiger partial charge in [-0.25, -0.2) is 4.98 Å². The van der Waals surface area contributed by atoms with E-state index in [0.29, 0.717) is 17.6 Å². The van der Waals surface area contributed by atoms with Crippen LogP contribution in [0.5, 0.6) is 0 Å². The van der Waals surface area contributed by atoms with Gasteiger partial charge >= 0.3 is 0 Å². The molecule has 0 saturated carbocycles. The van der Waals surface area contributed by atoms with Crippen LogP contribution in [0.15, 0.2) is 35.4 Å². The summed E-state index contributed by atoms with van der Waals surface area (Å²) in [6, 6.07) is 8.22. The molecule has 0 N–H and O–H groups in total. The number of aryl methyl sites for hydroxylation is 1. The Morgan fingerprint density at radius 3 is 2.88 bits per heavy atom. The average molecular weight is 473 g/mol. The Labute approximate surface area is 197 Å². The zero-order valence-corrected chi connectivity index (χ0v) is 20.0. The molecule has 0 bridgehead atoms. The normalized spacial score (nSPS) is 20.0. The second-order valence-electron chi connectivity index (χ2n) is 8.76. The maximum absolute atomic E-state index is 13.3. The van der Waals surface area contributed by atoms with Gasteiger partial charge in [-0.1, -0.05) is 23.7 Å². The van der Waals surface area contributed by atoms with Crippen molar-refractivity contribution >= 4 is 33.2 Å². The third-order valence-electron chi connectivity index (χ3n) is 6.79. The van der Waals surface area contributed by atoms with Gasteiger partial charge in [-0.2, -0.15) is 0 Å². The zero-order valence-electron chi connectivity index (χ0n) is 18.4. The Balaban J connectivity index is 1.32. The Morgan fingerprint density at radius 2 is 2.09 bits per heavy atom. The summed E-state index contributed by atoms with van der Waals surface area (Å²) >= 11 is 7.83. The van der Waals surface area contributed by atoms with Crippen molar-refractivity contribution in [1.82, 2.24) is 19.4 Å². The molecular formula is C24H29ClN4O2S. The summed E-state index contributed by atoms with van der Waals surface area (Å²) in [6.45, 7) is 6.74. The molecule has 0 radical (unpaired) electrons. The molecule has 2 aromatic heterocycles. The van der Waals surface area contributed by atoms with Crippen LogP contribution in [0, 0.1) is 0 Å². The fourth-order valence-electron chi connectivity index (χ4n) is 5.01. The quantitative estimate of drug-likeness (QED) is 0.551. The van der Waals surface area contributed by atoms with E-state index in [0.717, 1.165) is 74.4 Å². The number of benzene rings is 1. The van der Waals surface area contributed by atoms with Gasteiger partial charge in [0.2, 0.25) is 0 Å². The lowest BCUT2D eigenvalue weighted by Crippen LogP contribution is -2.52. The maximum Gasteiger partial charge on any atom is 0.262 e. The first-order valence-electron chi connectivity index (χ1n) is 11.3.